The Labute approximate surface area is 236 Å². The number of benzene rings is 3. The first-order chi connectivity index (χ1) is 16.8. The van der Waals surface area contributed by atoms with E-state index in [0.717, 1.165) is 40.4 Å². The minimum Gasteiger partial charge on any atom is -1.00 e. The van der Waals surface area contributed by atoms with Crippen LogP contribution >= 0.6 is 0 Å². The van der Waals surface area contributed by atoms with Crippen molar-refractivity contribution in [1.29, 1.82) is 0 Å². The van der Waals surface area contributed by atoms with Crippen LogP contribution in [-0.4, -0.2) is 34.3 Å². The standard InChI is InChI=1S/C26H30N4O4S.Na.H/c1-4-25-28-23-14-11-21(34-3)17-24(23)30(25)20-9-7-19(8-10-20)15-16-27-26(31)29-35(32,33)22-12-5-18(2)6-13-22;;/h5-14,17,25,28H,4,15-16H2,1-3H3,(H2,27,29,31);;/q;+1;-1. The van der Waals surface area contributed by atoms with E-state index in [-0.39, 0.29) is 42.0 Å². The maximum Gasteiger partial charge on any atom is 1.00 e. The van der Waals surface area contributed by atoms with Crippen molar-refractivity contribution in [3.05, 3.63) is 77.9 Å². The third-order valence-corrected chi connectivity index (χ3v) is 7.30. The molecule has 4 rings (SSSR count). The predicted molar refractivity (Wildman–Crippen MR) is 139 cm³/mol. The second kappa shape index (κ2) is 12.0. The van der Waals surface area contributed by atoms with Gasteiger partial charge in [-0.3, -0.25) is 0 Å². The molecule has 1 atom stereocenters. The van der Waals surface area contributed by atoms with Crippen LogP contribution in [0.1, 0.15) is 25.9 Å². The average Bonchev–Trinajstić information content (AvgIpc) is 3.22. The molecule has 3 aromatic rings. The van der Waals surface area contributed by atoms with Crippen molar-refractivity contribution in [2.75, 3.05) is 23.9 Å². The second-order valence-electron chi connectivity index (χ2n) is 8.41. The Kier molecular flexibility index (Phi) is 9.30. The van der Waals surface area contributed by atoms with Crippen molar-refractivity contribution in [2.45, 2.75) is 37.8 Å². The number of sulfonamides is 1. The minimum absolute atomic E-state index is 0. The van der Waals surface area contributed by atoms with Crippen LogP contribution in [-0.2, 0) is 16.4 Å². The molecule has 1 aliphatic heterocycles. The monoisotopic (exact) mass is 518 g/mol. The van der Waals surface area contributed by atoms with E-state index >= 15 is 0 Å². The zero-order valence-electron chi connectivity index (χ0n) is 22.0. The number of hydrogen-bond acceptors (Lipinski definition) is 6. The third-order valence-electron chi connectivity index (χ3n) is 5.96. The first kappa shape index (κ1) is 27.9. The van der Waals surface area contributed by atoms with Gasteiger partial charge in [-0.2, -0.15) is 0 Å². The molecule has 0 fully saturated rings. The quantitative estimate of drug-likeness (QED) is 0.392. The molecule has 36 heavy (non-hydrogen) atoms. The Morgan fingerprint density at radius 3 is 2.42 bits per heavy atom. The fourth-order valence-electron chi connectivity index (χ4n) is 4.05. The predicted octanol–water partition coefficient (Wildman–Crippen LogP) is 1.65. The molecule has 0 radical (unpaired) electrons. The summed E-state index contributed by atoms with van der Waals surface area (Å²) in [4.78, 5) is 14.4. The fourth-order valence-corrected chi connectivity index (χ4v) is 4.98. The summed E-state index contributed by atoms with van der Waals surface area (Å²) in [6, 6.07) is 19.7. The molecule has 8 nitrogen and oxygen atoms in total. The number of rotatable bonds is 8. The molecule has 3 aromatic carbocycles. The number of methoxy groups -OCH3 is 1. The van der Waals surface area contributed by atoms with Gasteiger partial charge in [0.15, 0.2) is 0 Å². The van der Waals surface area contributed by atoms with Crippen LogP contribution in [0.5, 0.6) is 5.75 Å². The van der Waals surface area contributed by atoms with Gasteiger partial charge in [-0.25, -0.2) is 17.9 Å². The van der Waals surface area contributed by atoms with Gasteiger partial charge < -0.3 is 21.7 Å². The summed E-state index contributed by atoms with van der Waals surface area (Å²) in [6.07, 6.45) is 1.63. The van der Waals surface area contributed by atoms with Gasteiger partial charge in [0.25, 0.3) is 10.0 Å². The van der Waals surface area contributed by atoms with Gasteiger partial charge >= 0.3 is 35.6 Å². The Morgan fingerprint density at radius 2 is 1.78 bits per heavy atom. The van der Waals surface area contributed by atoms with E-state index < -0.39 is 16.1 Å². The van der Waals surface area contributed by atoms with Gasteiger partial charge in [0.2, 0.25) is 0 Å². The average molecular weight is 519 g/mol. The molecule has 1 unspecified atom stereocenters. The second-order valence-corrected chi connectivity index (χ2v) is 10.1. The molecule has 1 aliphatic rings. The molecule has 186 valence electrons. The third kappa shape index (κ3) is 6.34. The van der Waals surface area contributed by atoms with Gasteiger partial charge in [-0.15, -0.1) is 0 Å². The van der Waals surface area contributed by atoms with Crippen LogP contribution in [0.15, 0.2) is 71.6 Å². The van der Waals surface area contributed by atoms with Crippen LogP contribution in [0, 0.1) is 6.92 Å². The summed E-state index contributed by atoms with van der Waals surface area (Å²) in [5.41, 5.74) is 5.15. The summed E-state index contributed by atoms with van der Waals surface area (Å²) in [5.74, 6) is 0.803. The van der Waals surface area contributed by atoms with Gasteiger partial charge in [0.1, 0.15) is 11.9 Å². The number of aryl methyl sites for hydroxylation is 1. The topological polar surface area (TPSA) is 99.8 Å². The molecule has 0 spiro atoms. The number of nitrogens with one attached hydrogen (secondary N) is 3. The maximum atomic E-state index is 12.3. The summed E-state index contributed by atoms with van der Waals surface area (Å²) in [6.45, 7) is 4.30. The largest absolute Gasteiger partial charge is 1.00 e. The first-order valence-corrected chi connectivity index (χ1v) is 13.0. The summed E-state index contributed by atoms with van der Waals surface area (Å²) in [5, 5.41) is 6.16. The molecule has 0 aromatic heterocycles. The molecule has 10 heteroatoms. The number of ether oxygens (including phenoxy) is 1. The number of carbonyl (C=O) groups is 1. The molecule has 2 amide bonds. The van der Waals surface area contributed by atoms with Crippen molar-refractivity contribution in [3.63, 3.8) is 0 Å². The van der Waals surface area contributed by atoms with E-state index in [4.69, 9.17) is 4.74 Å². The van der Waals surface area contributed by atoms with Crippen molar-refractivity contribution in [2.24, 2.45) is 0 Å². The number of urea groups is 1. The van der Waals surface area contributed by atoms with Crippen LogP contribution in [0.3, 0.4) is 0 Å². The number of amides is 2. The van der Waals surface area contributed by atoms with Gasteiger partial charge in [0.05, 0.1) is 23.4 Å². The van der Waals surface area contributed by atoms with E-state index in [9.17, 15) is 13.2 Å². The molecular weight excluding hydrogens is 487 g/mol. The zero-order chi connectivity index (χ0) is 25.0. The fraction of sp³-hybridized carbons (Fsp3) is 0.269. The van der Waals surface area contributed by atoms with Crippen LogP contribution in [0.4, 0.5) is 21.9 Å². The summed E-state index contributed by atoms with van der Waals surface area (Å²) >= 11 is 0. The summed E-state index contributed by atoms with van der Waals surface area (Å²) in [7, 11) is -2.25. The Balaban J connectivity index is 0.00000241. The zero-order valence-corrected chi connectivity index (χ0v) is 23.9. The number of anilines is 3. The normalized spacial score (nSPS) is 14.3. The Hall–Kier alpha value is -2.72. The van der Waals surface area contributed by atoms with Crippen LogP contribution < -0.4 is 54.5 Å². The molecule has 1 heterocycles. The molecule has 0 saturated heterocycles. The number of carbonyl (C=O) groups excluding carboxylic acids is 1. The number of fused-ring (bicyclic) bond motifs is 1. The van der Waals surface area contributed by atoms with E-state index in [1.165, 1.54) is 12.1 Å². The number of hydrogen-bond donors (Lipinski definition) is 3. The van der Waals surface area contributed by atoms with Crippen molar-refractivity contribution in [1.82, 2.24) is 10.0 Å². The Bertz CT molecular complexity index is 1310. The van der Waals surface area contributed by atoms with Gasteiger partial charge in [-0.05, 0) is 61.7 Å². The van der Waals surface area contributed by atoms with Crippen LogP contribution in [0.2, 0.25) is 0 Å². The van der Waals surface area contributed by atoms with E-state index in [1.54, 1.807) is 19.2 Å². The molecule has 0 aliphatic carbocycles. The Morgan fingerprint density at radius 1 is 1.08 bits per heavy atom. The molecular formula is C26H31N4NaO4S. The molecule has 0 saturated carbocycles. The van der Waals surface area contributed by atoms with Crippen LogP contribution in [0.25, 0.3) is 0 Å². The van der Waals surface area contributed by atoms with E-state index in [2.05, 4.69) is 39.3 Å². The van der Waals surface area contributed by atoms with Gasteiger partial charge in [0, 0.05) is 18.3 Å². The number of nitrogens with zero attached hydrogens (tertiary/aromatic N) is 1. The smallest absolute Gasteiger partial charge is 1.00 e. The van der Waals surface area contributed by atoms with Crippen molar-refractivity contribution < 1.29 is 48.9 Å². The van der Waals surface area contributed by atoms with Gasteiger partial charge in [-0.1, -0.05) is 36.8 Å². The van der Waals surface area contributed by atoms with E-state index in [0.29, 0.717) is 13.0 Å². The van der Waals surface area contributed by atoms with Crippen molar-refractivity contribution >= 4 is 33.1 Å². The summed E-state index contributed by atoms with van der Waals surface area (Å²) < 4.78 is 32.1. The molecule has 0 bridgehead atoms. The minimum atomic E-state index is -3.91. The molecule has 3 N–H and O–H groups in total. The first-order valence-electron chi connectivity index (χ1n) is 11.5. The maximum absolute atomic E-state index is 12.3. The van der Waals surface area contributed by atoms with E-state index in [1.807, 2.05) is 37.3 Å². The van der Waals surface area contributed by atoms with Crippen molar-refractivity contribution in [3.8, 4) is 5.75 Å². The SMILES string of the molecule is CCC1Nc2ccc(OC)cc2N1c1ccc(CCNC(=O)NS(=O)(=O)c2ccc(C)cc2)cc1.[H-].[Na+].